The van der Waals surface area contributed by atoms with Gasteiger partial charge in [0.2, 0.25) is 0 Å². The topological polar surface area (TPSA) is 3.24 Å². The summed E-state index contributed by atoms with van der Waals surface area (Å²) in [5, 5.41) is 0. The van der Waals surface area contributed by atoms with Gasteiger partial charge < -0.3 is 4.90 Å². The Labute approximate surface area is 316 Å². The Kier molecular flexibility index (Phi) is 8.16. The van der Waals surface area contributed by atoms with Crippen LogP contribution in [0.25, 0.3) is 33.4 Å². The van der Waals surface area contributed by atoms with Crippen molar-refractivity contribution in [2.24, 2.45) is 11.8 Å². The Bertz CT molecular complexity index is 2250. The molecule has 2 bridgehead atoms. The zero-order valence-electron chi connectivity index (χ0n) is 31.4. The first-order valence-corrected chi connectivity index (χ1v) is 20.5. The van der Waals surface area contributed by atoms with E-state index < -0.39 is 0 Å². The number of benzene rings is 6. The number of anilines is 3. The summed E-state index contributed by atoms with van der Waals surface area (Å²) in [5.41, 5.74) is 17.2. The third-order valence-electron chi connectivity index (χ3n) is 13.8. The maximum Gasteiger partial charge on any atom is 0.0471 e. The average molecular weight is 690 g/mol. The first kappa shape index (κ1) is 32.7. The summed E-state index contributed by atoms with van der Waals surface area (Å²) < 4.78 is 0. The van der Waals surface area contributed by atoms with E-state index in [1.165, 1.54) is 130 Å². The van der Waals surface area contributed by atoms with Crippen molar-refractivity contribution >= 4 is 17.1 Å². The van der Waals surface area contributed by atoms with E-state index in [1.807, 2.05) is 0 Å². The van der Waals surface area contributed by atoms with Crippen LogP contribution in [0.3, 0.4) is 0 Å². The van der Waals surface area contributed by atoms with Gasteiger partial charge in [-0.25, -0.2) is 0 Å². The highest BCUT2D eigenvalue weighted by Crippen LogP contribution is 2.56. The standard InChI is InChI=1S/C52H51N/c1-52(2)49-20-12-11-19-46(49)51-48(45-18-10-9-17-44(45)38-15-7-4-8-16-38)33-43(34-50(51)52)53(41-27-23-37(24-28-41)36-13-5-3-6-14-36)42-29-25-39(26-30-42)47-32-35-21-22-40(47)31-35/h4,7-12,15-20,23-30,33-36,40,47H,3,5-6,13-14,21-22,31-32H2,1-2H3. The van der Waals surface area contributed by atoms with Gasteiger partial charge in [-0.05, 0) is 148 Å². The molecule has 0 saturated heterocycles. The molecular weight excluding hydrogens is 639 g/mol. The Morgan fingerprint density at radius 3 is 1.81 bits per heavy atom. The molecule has 10 rings (SSSR count). The third kappa shape index (κ3) is 5.67. The fourth-order valence-electron chi connectivity index (χ4n) is 11.0. The molecular formula is C52H51N. The fourth-order valence-corrected chi connectivity index (χ4v) is 11.0. The molecule has 1 nitrogen and oxygen atoms in total. The minimum Gasteiger partial charge on any atom is -0.310 e. The van der Waals surface area contributed by atoms with Crippen LogP contribution >= 0.6 is 0 Å². The summed E-state index contributed by atoms with van der Waals surface area (Å²) in [7, 11) is 0. The molecule has 6 aromatic rings. The van der Waals surface area contributed by atoms with Crippen molar-refractivity contribution in [1.82, 2.24) is 0 Å². The highest BCUT2D eigenvalue weighted by Gasteiger charge is 2.41. The summed E-state index contributed by atoms with van der Waals surface area (Å²) in [6.07, 6.45) is 12.4. The van der Waals surface area contributed by atoms with Gasteiger partial charge >= 0.3 is 0 Å². The molecule has 3 unspecified atom stereocenters. The Morgan fingerprint density at radius 1 is 0.491 bits per heavy atom. The van der Waals surface area contributed by atoms with E-state index in [4.69, 9.17) is 0 Å². The van der Waals surface area contributed by atoms with Crippen LogP contribution in [0.1, 0.15) is 106 Å². The van der Waals surface area contributed by atoms with E-state index in [2.05, 4.69) is 158 Å². The maximum atomic E-state index is 2.54. The van der Waals surface area contributed by atoms with Crippen molar-refractivity contribution in [1.29, 1.82) is 0 Å². The smallest absolute Gasteiger partial charge is 0.0471 e. The monoisotopic (exact) mass is 689 g/mol. The van der Waals surface area contributed by atoms with Crippen LogP contribution < -0.4 is 4.90 Å². The second-order valence-electron chi connectivity index (χ2n) is 17.1. The van der Waals surface area contributed by atoms with E-state index in [-0.39, 0.29) is 5.41 Å². The predicted octanol–water partition coefficient (Wildman–Crippen LogP) is 14.7. The number of hydrogen-bond acceptors (Lipinski definition) is 1. The molecule has 0 radical (unpaired) electrons. The first-order chi connectivity index (χ1) is 26.0. The van der Waals surface area contributed by atoms with Gasteiger partial charge in [-0.1, -0.05) is 143 Å². The molecule has 0 N–H and O–H groups in total. The van der Waals surface area contributed by atoms with Gasteiger partial charge in [-0.3, -0.25) is 0 Å². The normalized spacial score (nSPS) is 21.4. The lowest BCUT2D eigenvalue weighted by atomic mass is 9.81. The first-order valence-electron chi connectivity index (χ1n) is 20.5. The highest BCUT2D eigenvalue weighted by atomic mass is 15.1. The van der Waals surface area contributed by atoms with Crippen molar-refractivity contribution in [3.05, 3.63) is 162 Å². The van der Waals surface area contributed by atoms with E-state index in [1.54, 1.807) is 0 Å². The van der Waals surface area contributed by atoms with Crippen molar-refractivity contribution < 1.29 is 0 Å². The fraction of sp³-hybridized carbons (Fsp3) is 0.308. The van der Waals surface area contributed by atoms with Crippen LogP contribution in [0.4, 0.5) is 17.1 Å². The van der Waals surface area contributed by atoms with Gasteiger partial charge in [-0.15, -0.1) is 0 Å². The summed E-state index contributed by atoms with van der Waals surface area (Å²) in [6.45, 7) is 4.84. The van der Waals surface area contributed by atoms with Crippen molar-refractivity contribution in [3.63, 3.8) is 0 Å². The molecule has 3 atom stereocenters. The molecule has 0 aromatic heterocycles. The van der Waals surface area contributed by atoms with Gasteiger partial charge in [0, 0.05) is 22.5 Å². The number of rotatable bonds is 7. The largest absolute Gasteiger partial charge is 0.310 e. The van der Waals surface area contributed by atoms with Crippen LogP contribution in [0.2, 0.25) is 0 Å². The molecule has 6 aromatic carbocycles. The average Bonchev–Trinajstić information content (AvgIpc) is 3.92. The molecule has 0 aliphatic heterocycles. The van der Waals surface area contributed by atoms with E-state index in [0.29, 0.717) is 5.92 Å². The lowest BCUT2D eigenvalue weighted by Gasteiger charge is -2.30. The van der Waals surface area contributed by atoms with Crippen LogP contribution in [0.5, 0.6) is 0 Å². The number of fused-ring (bicyclic) bond motifs is 5. The van der Waals surface area contributed by atoms with Gasteiger partial charge in [0.1, 0.15) is 0 Å². The molecule has 0 spiro atoms. The molecule has 3 fully saturated rings. The van der Waals surface area contributed by atoms with Gasteiger partial charge in [0.05, 0.1) is 0 Å². The lowest BCUT2D eigenvalue weighted by molar-refractivity contribution is 0.420. The Balaban J connectivity index is 1.16. The second kappa shape index (κ2) is 13.2. The second-order valence-corrected chi connectivity index (χ2v) is 17.1. The molecule has 0 amide bonds. The maximum absolute atomic E-state index is 2.54. The Hall–Kier alpha value is -4.88. The highest BCUT2D eigenvalue weighted by molar-refractivity contribution is 5.99. The van der Waals surface area contributed by atoms with Crippen molar-refractivity contribution in [3.8, 4) is 33.4 Å². The van der Waals surface area contributed by atoms with E-state index >= 15 is 0 Å². The third-order valence-corrected chi connectivity index (χ3v) is 13.8. The molecule has 264 valence electrons. The van der Waals surface area contributed by atoms with Crippen LogP contribution in [-0.4, -0.2) is 0 Å². The zero-order chi connectivity index (χ0) is 35.5. The minimum atomic E-state index is -0.138. The summed E-state index contributed by atoms with van der Waals surface area (Å²) in [4.78, 5) is 2.54. The lowest BCUT2D eigenvalue weighted by Crippen LogP contribution is -2.17. The van der Waals surface area contributed by atoms with Crippen LogP contribution in [0.15, 0.2) is 140 Å². The van der Waals surface area contributed by atoms with Gasteiger partial charge in [0.15, 0.2) is 0 Å². The van der Waals surface area contributed by atoms with Crippen molar-refractivity contribution in [2.45, 2.75) is 88.9 Å². The predicted molar refractivity (Wildman–Crippen MR) is 224 cm³/mol. The molecule has 3 saturated carbocycles. The van der Waals surface area contributed by atoms with E-state index in [0.717, 1.165) is 17.8 Å². The molecule has 1 heteroatoms. The number of nitrogens with zero attached hydrogens (tertiary/aromatic N) is 1. The van der Waals surface area contributed by atoms with Gasteiger partial charge in [-0.2, -0.15) is 0 Å². The quantitative estimate of drug-likeness (QED) is 0.161. The summed E-state index contributed by atoms with van der Waals surface area (Å²) >= 11 is 0. The van der Waals surface area contributed by atoms with Gasteiger partial charge in [0.25, 0.3) is 0 Å². The SMILES string of the molecule is CC1(C)c2ccccc2-c2c(-c3ccccc3-c3ccccc3)cc(N(c3ccc(C4CCCCC4)cc3)c3ccc(C4CC5CCC4C5)cc3)cc21. The van der Waals surface area contributed by atoms with E-state index in [9.17, 15) is 0 Å². The molecule has 4 aliphatic rings. The molecule has 0 heterocycles. The minimum absolute atomic E-state index is 0.138. The zero-order valence-corrected chi connectivity index (χ0v) is 31.4. The molecule has 53 heavy (non-hydrogen) atoms. The number of hydrogen-bond donors (Lipinski definition) is 0. The Morgan fingerprint density at radius 2 is 1.13 bits per heavy atom. The van der Waals surface area contributed by atoms with Crippen LogP contribution in [0, 0.1) is 11.8 Å². The molecule has 4 aliphatic carbocycles. The summed E-state index contributed by atoms with van der Waals surface area (Å²) in [6, 6.07) is 53.5. The van der Waals surface area contributed by atoms with Crippen molar-refractivity contribution in [2.75, 3.05) is 4.90 Å². The van der Waals surface area contributed by atoms with Crippen LogP contribution in [-0.2, 0) is 5.41 Å². The summed E-state index contributed by atoms with van der Waals surface area (Å²) in [5.74, 6) is 3.24.